The van der Waals surface area contributed by atoms with Gasteiger partial charge in [-0.15, -0.1) is 0 Å². The number of amides is 1. The van der Waals surface area contributed by atoms with E-state index in [9.17, 15) is 26.7 Å². The molecule has 26 heavy (non-hydrogen) atoms. The molecule has 0 unspecified atom stereocenters. The highest BCUT2D eigenvalue weighted by Crippen LogP contribution is 2.30. The first-order chi connectivity index (χ1) is 12.2. The number of nitrogens with zero attached hydrogens (tertiary/aromatic N) is 1. The van der Waals surface area contributed by atoms with Crippen molar-refractivity contribution in [3.8, 4) is 11.5 Å². The Morgan fingerprint density at radius 2 is 1.96 bits per heavy atom. The van der Waals surface area contributed by atoms with Crippen LogP contribution in [0.15, 0.2) is 41.0 Å². The van der Waals surface area contributed by atoms with Crippen molar-refractivity contribution in [3.05, 3.63) is 47.9 Å². The van der Waals surface area contributed by atoms with Crippen LogP contribution in [0.3, 0.4) is 0 Å². The van der Waals surface area contributed by atoms with Crippen LogP contribution in [-0.2, 0) is 6.54 Å². The maximum Gasteiger partial charge on any atom is 0.406 e. The summed E-state index contributed by atoms with van der Waals surface area (Å²) in [6.45, 7) is -5.04. The molecule has 2 rings (SSSR count). The first-order valence-electron chi connectivity index (χ1n) is 7.21. The third kappa shape index (κ3) is 5.36. The second-order valence-corrected chi connectivity index (χ2v) is 5.10. The lowest BCUT2D eigenvalue weighted by Crippen LogP contribution is -2.38. The van der Waals surface area contributed by atoms with Gasteiger partial charge >= 0.3 is 12.8 Å². The molecular formula is C16H14F5NO4. The normalized spacial score (nSPS) is 11.5. The van der Waals surface area contributed by atoms with Crippen molar-refractivity contribution < 1.29 is 40.6 Å². The van der Waals surface area contributed by atoms with Gasteiger partial charge in [0.1, 0.15) is 12.3 Å². The van der Waals surface area contributed by atoms with Crippen LogP contribution in [0.25, 0.3) is 0 Å². The summed E-state index contributed by atoms with van der Waals surface area (Å²) in [6, 6.07) is 6.04. The molecule has 0 bridgehead atoms. The van der Waals surface area contributed by atoms with Gasteiger partial charge in [-0.2, -0.15) is 22.0 Å². The number of hydrogen-bond donors (Lipinski definition) is 0. The maximum absolute atomic E-state index is 12.8. The summed E-state index contributed by atoms with van der Waals surface area (Å²) >= 11 is 0. The average molecular weight is 379 g/mol. The van der Waals surface area contributed by atoms with E-state index in [2.05, 4.69) is 4.74 Å². The smallest absolute Gasteiger partial charge is 0.406 e. The van der Waals surface area contributed by atoms with Crippen molar-refractivity contribution in [1.29, 1.82) is 0 Å². The predicted molar refractivity (Wildman–Crippen MR) is 79.1 cm³/mol. The number of benzene rings is 1. The average Bonchev–Trinajstić information content (AvgIpc) is 3.05. The Hall–Kier alpha value is -2.78. The molecule has 1 heterocycles. The van der Waals surface area contributed by atoms with Crippen molar-refractivity contribution in [2.24, 2.45) is 0 Å². The van der Waals surface area contributed by atoms with Crippen molar-refractivity contribution in [2.45, 2.75) is 19.3 Å². The highest BCUT2D eigenvalue weighted by atomic mass is 19.4. The summed E-state index contributed by atoms with van der Waals surface area (Å²) in [7, 11) is 1.15. The highest BCUT2D eigenvalue weighted by molar-refractivity contribution is 5.95. The maximum atomic E-state index is 12.8. The Kier molecular flexibility index (Phi) is 6.06. The fraction of sp³-hybridized carbons (Fsp3) is 0.312. The molecule has 0 aliphatic carbocycles. The minimum Gasteiger partial charge on any atom is -0.493 e. The number of rotatable bonds is 7. The number of alkyl halides is 5. The van der Waals surface area contributed by atoms with Crippen molar-refractivity contribution in [3.63, 3.8) is 0 Å². The van der Waals surface area contributed by atoms with Crippen molar-refractivity contribution in [1.82, 2.24) is 4.90 Å². The van der Waals surface area contributed by atoms with Gasteiger partial charge in [0.2, 0.25) is 0 Å². The zero-order valence-corrected chi connectivity index (χ0v) is 13.4. The van der Waals surface area contributed by atoms with Gasteiger partial charge in [0.15, 0.2) is 11.5 Å². The van der Waals surface area contributed by atoms with E-state index in [4.69, 9.17) is 9.15 Å². The Labute approximate surface area is 144 Å². The highest BCUT2D eigenvalue weighted by Gasteiger charge is 2.34. The Morgan fingerprint density at radius 3 is 2.50 bits per heavy atom. The Balaban J connectivity index is 2.28. The first kappa shape index (κ1) is 19.5. The number of methoxy groups -OCH3 is 1. The second kappa shape index (κ2) is 8.07. The fourth-order valence-corrected chi connectivity index (χ4v) is 2.18. The van der Waals surface area contributed by atoms with E-state index in [1.807, 2.05) is 0 Å². The summed E-state index contributed by atoms with van der Waals surface area (Å²) in [6.07, 6.45) is -3.36. The van der Waals surface area contributed by atoms with Crippen LogP contribution >= 0.6 is 0 Å². The molecule has 0 saturated carbocycles. The Morgan fingerprint density at radius 1 is 1.23 bits per heavy atom. The number of carbonyl (C=O) groups excluding carboxylic acids is 1. The minimum atomic E-state index is -4.63. The molecule has 0 atom stereocenters. The lowest BCUT2D eigenvalue weighted by Gasteiger charge is -2.23. The number of halogens is 5. The number of ether oxygens (including phenoxy) is 2. The van der Waals surface area contributed by atoms with Crippen molar-refractivity contribution >= 4 is 5.91 Å². The van der Waals surface area contributed by atoms with Gasteiger partial charge in [-0.25, -0.2) is 0 Å². The number of hydrogen-bond acceptors (Lipinski definition) is 4. The molecule has 0 radical (unpaired) electrons. The second-order valence-electron chi connectivity index (χ2n) is 5.10. The quantitative estimate of drug-likeness (QED) is 0.680. The molecule has 5 nitrogen and oxygen atoms in total. The molecule has 1 amide bonds. The summed E-state index contributed by atoms with van der Waals surface area (Å²) < 4.78 is 77.2. The number of carbonyl (C=O) groups is 1. The lowest BCUT2D eigenvalue weighted by molar-refractivity contribution is -0.142. The molecule has 2 aromatic rings. The Bertz CT molecular complexity index is 731. The topological polar surface area (TPSA) is 51.9 Å². The fourth-order valence-electron chi connectivity index (χ4n) is 2.18. The van der Waals surface area contributed by atoms with Crippen LogP contribution in [0.4, 0.5) is 22.0 Å². The summed E-state index contributed by atoms with van der Waals surface area (Å²) in [5.74, 6) is -1.36. The van der Waals surface area contributed by atoms with E-state index in [-0.39, 0.29) is 22.8 Å². The summed E-state index contributed by atoms with van der Waals surface area (Å²) in [5.41, 5.74) is -0.181. The van der Waals surface area contributed by atoms with E-state index in [0.29, 0.717) is 4.90 Å². The van der Waals surface area contributed by atoms with Gasteiger partial charge < -0.3 is 18.8 Å². The lowest BCUT2D eigenvalue weighted by atomic mass is 10.1. The number of furan rings is 1. The van der Waals surface area contributed by atoms with E-state index < -0.39 is 31.8 Å². The van der Waals surface area contributed by atoms with Crippen LogP contribution in [0.5, 0.6) is 11.5 Å². The van der Waals surface area contributed by atoms with Crippen molar-refractivity contribution in [2.75, 3.05) is 13.7 Å². The third-order valence-electron chi connectivity index (χ3n) is 3.21. The monoisotopic (exact) mass is 379 g/mol. The molecule has 0 aliphatic heterocycles. The molecule has 0 spiro atoms. The minimum absolute atomic E-state index is 0.159. The molecule has 1 aromatic carbocycles. The molecular weight excluding hydrogens is 365 g/mol. The van der Waals surface area contributed by atoms with Gasteiger partial charge in [0.25, 0.3) is 5.91 Å². The van der Waals surface area contributed by atoms with E-state index in [1.165, 1.54) is 18.4 Å². The first-order valence-corrected chi connectivity index (χ1v) is 7.21. The van der Waals surface area contributed by atoms with Crippen LogP contribution in [0, 0.1) is 0 Å². The summed E-state index contributed by atoms with van der Waals surface area (Å²) in [4.78, 5) is 13.0. The van der Waals surface area contributed by atoms with E-state index in [0.717, 1.165) is 25.3 Å². The third-order valence-corrected chi connectivity index (χ3v) is 3.21. The van der Waals surface area contributed by atoms with Gasteiger partial charge in [-0.05, 0) is 30.3 Å². The van der Waals surface area contributed by atoms with E-state index >= 15 is 0 Å². The molecule has 0 aliphatic rings. The van der Waals surface area contributed by atoms with Gasteiger partial charge in [0, 0.05) is 5.56 Å². The SMILES string of the molecule is COc1cc(C(=O)N(Cc2ccco2)CC(F)(F)F)ccc1OC(F)F. The van der Waals surface area contributed by atoms with Crippen LogP contribution in [0.1, 0.15) is 16.1 Å². The van der Waals surface area contributed by atoms with Gasteiger partial charge in [-0.1, -0.05) is 0 Å². The standard InChI is InChI=1S/C16H14F5NO4/c1-24-13-7-10(4-5-12(13)26-15(17)18)14(23)22(9-16(19,20)21)8-11-3-2-6-25-11/h2-7,15H,8-9H2,1H3. The van der Waals surface area contributed by atoms with E-state index in [1.54, 1.807) is 0 Å². The molecule has 0 saturated heterocycles. The van der Waals surface area contributed by atoms with Crippen LogP contribution < -0.4 is 9.47 Å². The predicted octanol–water partition coefficient (Wildman–Crippen LogP) is 4.09. The largest absolute Gasteiger partial charge is 0.493 e. The van der Waals surface area contributed by atoms with Gasteiger partial charge in [0.05, 0.1) is 19.9 Å². The molecule has 10 heteroatoms. The van der Waals surface area contributed by atoms with Crippen LogP contribution in [-0.4, -0.2) is 37.2 Å². The molecule has 0 N–H and O–H groups in total. The zero-order valence-electron chi connectivity index (χ0n) is 13.4. The zero-order chi connectivity index (χ0) is 19.3. The molecule has 142 valence electrons. The molecule has 1 aromatic heterocycles. The molecule has 0 fully saturated rings. The van der Waals surface area contributed by atoms with Gasteiger partial charge in [-0.3, -0.25) is 4.79 Å². The summed E-state index contributed by atoms with van der Waals surface area (Å²) in [5, 5.41) is 0. The van der Waals surface area contributed by atoms with Crippen LogP contribution in [0.2, 0.25) is 0 Å².